The van der Waals surface area contributed by atoms with Crippen LogP contribution in [0.25, 0.3) is 0 Å². The van der Waals surface area contributed by atoms with Gasteiger partial charge in [-0.25, -0.2) is 0 Å². The van der Waals surface area contributed by atoms with Crippen LogP contribution in [0.15, 0.2) is 58.1 Å². The highest BCUT2D eigenvalue weighted by Crippen LogP contribution is 2.34. The number of hydrogen-bond acceptors (Lipinski definition) is 7. The number of phenolic OH excluding ortho intramolecular Hbond substituents is 1. The third-order valence-electron chi connectivity index (χ3n) is 5.51. The van der Waals surface area contributed by atoms with Crippen molar-refractivity contribution < 1.29 is 15.0 Å². The lowest BCUT2D eigenvalue weighted by molar-refractivity contribution is 0.00571. The van der Waals surface area contributed by atoms with Gasteiger partial charge in [-0.1, -0.05) is 43.3 Å². The van der Waals surface area contributed by atoms with Gasteiger partial charge in [-0.3, -0.25) is 14.4 Å². The van der Waals surface area contributed by atoms with Gasteiger partial charge in [-0.15, -0.1) is 0 Å². The van der Waals surface area contributed by atoms with E-state index in [9.17, 15) is 24.6 Å². The van der Waals surface area contributed by atoms with Gasteiger partial charge in [-0.2, -0.15) is 0 Å². The molecule has 1 fully saturated rings. The number of aliphatic hydroxyl groups excluding tert-OH is 1. The van der Waals surface area contributed by atoms with Crippen molar-refractivity contribution >= 4 is 23.0 Å². The number of aromatic hydroxyl groups is 1. The summed E-state index contributed by atoms with van der Waals surface area (Å²) in [6.45, 7) is 2.39. The lowest BCUT2D eigenvalue weighted by atomic mass is 10.0. The fourth-order valence-corrected chi connectivity index (χ4v) is 3.67. The molecule has 0 unspecified atom stereocenters. The van der Waals surface area contributed by atoms with Crippen molar-refractivity contribution in [2.75, 3.05) is 23.7 Å². The number of carbonyl (C=O) groups excluding carboxylic acids is 1. The van der Waals surface area contributed by atoms with Gasteiger partial charge < -0.3 is 25.7 Å². The fraction of sp³-hybridized carbons (Fsp3) is 0.261. The van der Waals surface area contributed by atoms with Gasteiger partial charge in [0.05, 0.1) is 23.4 Å². The topological polar surface area (TPSA) is 119 Å². The van der Waals surface area contributed by atoms with E-state index in [-0.39, 0.29) is 47.5 Å². The molecule has 3 aromatic rings. The van der Waals surface area contributed by atoms with E-state index in [4.69, 9.17) is 0 Å². The van der Waals surface area contributed by atoms with Crippen LogP contribution < -0.4 is 21.5 Å². The summed E-state index contributed by atoms with van der Waals surface area (Å²) in [7, 11) is 0. The molecule has 8 heteroatoms. The van der Waals surface area contributed by atoms with Gasteiger partial charge in [-0.05, 0) is 24.1 Å². The second-order valence-electron chi connectivity index (χ2n) is 7.61. The first-order valence-electron chi connectivity index (χ1n) is 10.1. The maximum absolute atomic E-state index is 12.5. The summed E-state index contributed by atoms with van der Waals surface area (Å²) in [6.07, 6.45) is 0.139. The summed E-state index contributed by atoms with van der Waals surface area (Å²) in [5.74, 6) is -0.729. The number of anilines is 3. The van der Waals surface area contributed by atoms with Crippen molar-refractivity contribution in [3.63, 3.8) is 0 Å². The number of β-amino-alcohol motifs (C(OH)–C–C–N with tert-alkyl or cyclic N) is 1. The summed E-state index contributed by atoms with van der Waals surface area (Å²) < 4.78 is 0. The lowest BCUT2D eigenvalue weighted by Crippen LogP contribution is -2.53. The van der Waals surface area contributed by atoms with Crippen LogP contribution in [-0.4, -0.2) is 40.2 Å². The second-order valence-corrected chi connectivity index (χ2v) is 7.61. The van der Waals surface area contributed by atoms with E-state index < -0.39 is 22.9 Å². The van der Waals surface area contributed by atoms with Crippen LogP contribution in [0.3, 0.4) is 0 Å². The Kier molecular flexibility index (Phi) is 5.48. The van der Waals surface area contributed by atoms with Crippen molar-refractivity contribution in [3.8, 4) is 5.75 Å². The van der Waals surface area contributed by atoms with Crippen LogP contribution >= 0.6 is 0 Å². The van der Waals surface area contributed by atoms with E-state index in [1.54, 1.807) is 6.07 Å². The molecule has 4 N–H and O–H groups in total. The molecular weight excluding hydrogens is 398 g/mol. The number of amides is 1. The Labute approximate surface area is 178 Å². The molecule has 1 atom stereocenters. The van der Waals surface area contributed by atoms with Crippen molar-refractivity contribution in [3.05, 3.63) is 80.1 Å². The Morgan fingerprint density at radius 3 is 2.39 bits per heavy atom. The minimum atomic E-state index is -0.688. The molecule has 1 aliphatic heterocycles. The highest BCUT2D eigenvalue weighted by atomic mass is 16.3. The van der Waals surface area contributed by atoms with E-state index in [1.165, 1.54) is 17.0 Å². The molecule has 0 saturated carbocycles. The van der Waals surface area contributed by atoms with Gasteiger partial charge in [0, 0.05) is 13.1 Å². The highest BCUT2D eigenvalue weighted by molar-refractivity contribution is 5.99. The number of phenols is 1. The van der Waals surface area contributed by atoms with Crippen LogP contribution in [0.2, 0.25) is 0 Å². The maximum Gasteiger partial charge on any atom is 0.257 e. The Morgan fingerprint density at radius 1 is 1.06 bits per heavy atom. The molecule has 31 heavy (non-hydrogen) atoms. The molecule has 1 aliphatic rings. The number of nitrogens with one attached hydrogen (secondary N) is 2. The van der Waals surface area contributed by atoms with Crippen LogP contribution in [-0.2, 0) is 0 Å². The van der Waals surface area contributed by atoms with E-state index in [0.717, 1.165) is 5.56 Å². The summed E-state index contributed by atoms with van der Waals surface area (Å²) in [5.41, 5.74) is 0.0822. The Bertz CT molecular complexity index is 1180. The van der Waals surface area contributed by atoms with E-state index >= 15 is 0 Å². The van der Waals surface area contributed by atoms with Crippen LogP contribution in [0.4, 0.5) is 17.1 Å². The number of benzene rings is 2. The second kappa shape index (κ2) is 8.23. The number of rotatable bonds is 7. The molecule has 0 aromatic heterocycles. The van der Waals surface area contributed by atoms with Gasteiger partial charge >= 0.3 is 0 Å². The summed E-state index contributed by atoms with van der Waals surface area (Å²) in [5, 5.41) is 25.9. The molecule has 0 spiro atoms. The smallest absolute Gasteiger partial charge is 0.257 e. The van der Waals surface area contributed by atoms with Gasteiger partial charge in [0.15, 0.2) is 5.75 Å². The third-order valence-corrected chi connectivity index (χ3v) is 5.51. The maximum atomic E-state index is 12.5. The highest BCUT2D eigenvalue weighted by Gasteiger charge is 2.31. The molecule has 160 valence electrons. The standard InChI is InChI=1S/C23H23N3O5/c1-2-16(13-7-4-3-5-8-13)24-18-19(22(30)21(18)29)25-17-10-6-9-15(20(17)28)23(31)26-11-14(27)12-26/h3-10,14,16,24-25,27-28H,2,11-12H2,1H3/t16-/m1/s1. The normalized spacial score (nSPS) is 14.8. The zero-order chi connectivity index (χ0) is 22.1. The van der Waals surface area contributed by atoms with Crippen molar-refractivity contribution in [1.82, 2.24) is 4.90 Å². The van der Waals surface area contributed by atoms with Gasteiger partial charge in [0.2, 0.25) is 0 Å². The van der Waals surface area contributed by atoms with Gasteiger partial charge in [0.25, 0.3) is 16.8 Å². The first-order valence-corrected chi connectivity index (χ1v) is 10.1. The van der Waals surface area contributed by atoms with Crippen molar-refractivity contribution in [2.45, 2.75) is 25.5 Å². The minimum absolute atomic E-state index is 0.0543. The van der Waals surface area contributed by atoms with Crippen molar-refractivity contribution in [2.24, 2.45) is 0 Å². The third kappa shape index (κ3) is 3.77. The zero-order valence-electron chi connectivity index (χ0n) is 17.0. The molecule has 1 heterocycles. The Balaban J connectivity index is 1.58. The summed E-state index contributed by atoms with van der Waals surface area (Å²) in [4.78, 5) is 38.4. The lowest BCUT2D eigenvalue weighted by Gasteiger charge is -2.36. The summed E-state index contributed by atoms with van der Waals surface area (Å²) >= 11 is 0. The molecule has 3 aromatic carbocycles. The number of carbonyl (C=O) groups is 1. The molecule has 0 radical (unpaired) electrons. The number of nitrogens with zero attached hydrogens (tertiary/aromatic N) is 1. The molecule has 4 rings (SSSR count). The first kappa shape index (κ1) is 20.6. The number of aliphatic hydroxyl groups is 1. The Hall–Kier alpha value is -3.65. The molecule has 1 saturated heterocycles. The van der Waals surface area contributed by atoms with E-state index in [0.29, 0.717) is 6.42 Å². The molecule has 0 bridgehead atoms. The predicted molar refractivity (Wildman–Crippen MR) is 118 cm³/mol. The fourth-order valence-electron chi connectivity index (χ4n) is 3.67. The number of para-hydroxylation sites is 1. The average molecular weight is 421 g/mol. The number of hydrogen-bond donors (Lipinski definition) is 4. The Morgan fingerprint density at radius 2 is 1.74 bits per heavy atom. The molecule has 1 amide bonds. The van der Waals surface area contributed by atoms with E-state index in [1.807, 2.05) is 37.3 Å². The predicted octanol–water partition coefficient (Wildman–Crippen LogP) is 2.11. The molecule has 8 nitrogen and oxygen atoms in total. The molecule has 0 aliphatic carbocycles. The summed E-state index contributed by atoms with van der Waals surface area (Å²) in [6, 6.07) is 14.0. The first-order chi connectivity index (χ1) is 14.9. The largest absolute Gasteiger partial charge is 0.505 e. The quantitative estimate of drug-likeness (QED) is 0.341. The zero-order valence-corrected chi connectivity index (χ0v) is 17.0. The average Bonchev–Trinajstić information content (AvgIpc) is 2.77. The monoisotopic (exact) mass is 421 g/mol. The van der Waals surface area contributed by atoms with Crippen LogP contribution in [0.1, 0.15) is 35.3 Å². The minimum Gasteiger partial charge on any atom is -0.505 e. The van der Waals surface area contributed by atoms with Crippen molar-refractivity contribution in [1.29, 1.82) is 0 Å². The SMILES string of the molecule is CC[C@@H](Nc1c(Nc2cccc(C(=O)N3CC(O)C3)c2O)c(=O)c1=O)c1ccccc1. The number of likely N-dealkylation sites (tertiary alicyclic amines) is 1. The van der Waals surface area contributed by atoms with Crippen LogP contribution in [0.5, 0.6) is 5.75 Å². The van der Waals surface area contributed by atoms with E-state index in [2.05, 4.69) is 10.6 Å². The van der Waals surface area contributed by atoms with Crippen LogP contribution in [0, 0.1) is 0 Å². The van der Waals surface area contributed by atoms with Gasteiger partial charge in [0.1, 0.15) is 11.4 Å². The molecular formula is C23H23N3O5.